The van der Waals surface area contributed by atoms with Gasteiger partial charge in [0.2, 0.25) is 0 Å². The molecular formula is C15H28N4S. The van der Waals surface area contributed by atoms with Crippen molar-refractivity contribution in [1.82, 2.24) is 14.8 Å². The average molecular weight is 296 g/mol. The molecule has 1 aromatic rings. The molecular weight excluding hydrogens is 268 g/mol. The van der Waals surface area contributed by atoms with Crippen LogP contribution in [-0.2, 0) is 18.5 Å². The first-order chi connectivity index (χ1) is 9.44. The molecule has 20 heavy (non-hydrogen) atoms. The molecule has 0 spiro atoms. The predicted octanol–water partition coefficient (Wildman–Crippen LogP) is 2.04. The van der Waals surface area contributed by atoms with E-state index >= 15 is 0 Å². The van der Waals surface area contributed by atoms with E-state index in [0.29, 0.717) is 0 Å². The number of piperazine rings is 1. The highest BCUT2D eigenvalue weighted by Crippen LogP contribution is 2.29. The zero-order chi connectivity index (χ0) is 14.8. The van der Waals surface area contributed by atoms with Crippen molar-refractivity contribution in [2.24, 2.45) is 5.73 Å². The second-order valence-corrected chi connectivity index (χ2v) is 7.25. The fourth-order valence-electron chi connectivity index (χ4n) is 2.67. The molecule has 4 nitrogen and oxygen atoms in total. The van der Waals surface area contributed by atoms with Gasteiger partial charge in [-0.25, -0.2) is 4.98 Å². The number of rotatable bonds is 5. The van der Waals surface area contributed by atoms with E-state index in [2.05, 4.69) is 37.5 Å². The van der Waals surface area contributed by atoms with Crippen LogP contribution >= 0.6 is 11.3 Å². The molecule has 0 saturated carbocycles. The molecule has 1 aliphatic heterocycles. The van der Waals surface area contributed by atoms with Gasteiger partial charge in [0.15, 0.2) is 0 Å². The summed E-state index contributed by atoms with van der Waals surface area (Å²) < 4.78 is 0. The van der Waals surface area contributed by atoms with Crippen LogP contribution < -0.4 is 5.73 Å². The van der Waals surface area contributed by atoms with Crippen LogP contribution in [-0.4, -0.2) is 47.5 Å². The molecule has 114 valence electrons. The van der Waals surface area contributed by atoms with E-state index in [1.807, 2.05) is 0 Å². The quantitative estimate of drug-likeness (QED) is 0.903. The molecule has 0 unspecified atom stereocenters. The average Bonchev–Trinajstić information content (AvgIpc) is 2.83. The molecule has 2 rings (SSSR count). The molecule has 0 aromatic carbocycles. The van der Waals surface area contributed by atoms with Crippen molar-refractivity contribution in [3.63, 3.8) is 0 Å². The van der Waals surface area contributed by atoms with Gasteiger partial charge in [-0.15, -0.1) is 11.3 Å². The highest BCUT2D eigenvalue weighted by atomic mass is 32.1. The lowest BCUT2D eigenvalue weighted by Gasteiger charge is -2.33. The highest BCUT2D eigenvalue weighted by molar-refractivity contribution is 7.11. The van der Waals surface area contributed by atoms with Crippen molar-refractivity contribution in [3.05, 3.63) is 15.6 Å². The summed E-state index contributed by atoms with van der Waals surface area (Å²) in [5, 5.41) is 1.22. The minimum atomic E-state index is -0.276. The third-order valence-electron chi connectivity index (χ3n) is 3.93. The Bertz CT molecular complexity index is 428. The maximum Gasteiger partial charge on any atom is 0.107 e. The molecule has 1 saturated heterocycles. The number of thiazole rings is 1. The van der Waals surface area contributed by atoms with Crippen molar-refractivity contribution >= 4 is 11.3 Å². The standard InChI is InChI=1S/C15H28N4S/c1-5-12-14(15(3,4)16)20-13(17-12)11-19-9-7-18(6-2)8-10-19/h5-11,16H2,1-4H3. The van der Waals surface area contributed by atoms with Gasteiger partial charge in [0.25, 0.3) is 0 Å². The predicted molar refractivity (Wildman–Crippen MR) is 86.1 cm³/mol. The number of aromatic nitrogens is 1. The van der Waals surface area contributed by atoms with Crippen LogP contribution in [0.3, 0.4) is 0 Å². The van der Waals surface area contributed by atoms with E-state index < -0.39 is 0 Å². The lowest BCUT2D eigenvalue weighted by Crippen LogP contribution is -2.45. The van der Waals surface area contributed by atoms with E-state index in [9.17, 15) is 0 Å². The maximum atomic E-state index is 6.27. The zero-order valence-electron chi connectivity index (χ0n) is 13.3. The normalized spacial score (nSPS) is 18.6. The summed E-state index contributed by atoms with van der Waals surface area (Å²) in [5.74, 6) is 0. The molecule has 0 aliphatic carbocycles. The molecule has 0 bridgehead atoms. The van der Waals surface area contributed by atoms with Crippen LogP contribution in [0.25, 0.3) is 0 Å². The lowest BCUT2D eigenvalue weighted by atomic mass is 10.0. The summed E-state index contributed by atoms with van der Waals surface area (Å²) in [6, 6.07) is 0. The van der Waals surface area contributed by atoms with Gasteiger partial charge in [-0.2, -0.15) is 0 Å². The Morgan fingerprint density at radius 3 is 2.20 bits per heavy atom. The smallest absolute Gasteiger partial charge is 0.107 e. The van der Waals surface area contributed by atoms with E-state index in [-0.39, 0.29) is 5.54 Å². The molecule has 2 N–H and O–H groups in total. The summed E-state index contributed by atoms with van der Waals surface area (Å²) >= 11 is 1.80. The summed E-state index contributed by atoms with van der Waals surface area (Å²) in [4.78, 5) is 11.1. The molecule has 1 aromatic heterocycles. The van der Waals surface area contributed by atoms with Crippen molar-refractivity contribution in [1.29, 1.82) is 0 Å². The SMILES string of the molecule is CCc1nc(CN2CCN(CC)CC2)sc1C(C)(C)N. The fourth-order valence-corrected chi connectivity index (χ4v) is 3.88. The third kappa shape index (κ3) is 3.79. The highest BCUT2D eigenvalue weighted by Gasteiger charge is 2.24. The number of aryl methyl sites for hydroxylation is 1. The first-order valence-electron chi connectivity index (χ1n) is 7.66. The van der Waals surface area contributed by atoms with E-state index in [1.165, 1.54) is 28.7 Å². The van der Waals surface area contributed by atoms with E-state index in [4.69, 9.17) is 10.7 Å². The van der Waals surface area contributed by atoms with Crippen LogP contribution in [0.5, 0.6) is 0 Å². The summed E-state index contributed by atoms with van der Waals surface area (Å²) in [7, 11) is 0. The van der Waals surface area contributed by atoms with Gasteiger partial charge in [-0.1, -0.05) is 13.8 Å². The van der Waals surface area contributed by atoms with Gasteiger partial charge in [0.05, 0.1) is 12.2 Å². The minimum absolute atomic E-state index is 0.276. The van der Waals surface area contributed by atoms with E-state index in [0.717, 1.165) is 32.6 Å². The number of hydrogen-bond acceptors (Lipinski definition) is 5. The Morgan fingerprint density at radius 2 is 1.75 bits per heavy atom. The Labute approximate surface area is 127 Å². The number of nitrogens with two attached hydrogens (primary N) is 1. The van der Waals surface area contributed by atoms with Gasteiger partial charge < -0.3 is 10.6 Å². The topological polar surface area (TPSA) is 45.4 Å². The molecule has 1 fully saturated rings. The van der Waals surface area contributed by atoms with Crippen LogP contribution in [0, 0.1) is 0 Å². The van der Waals surface area contributed by atoms with Crippen LogP contribution in [0.2, 0.25) is 0 Å². The number of hydrogen-bond donors (Lipinski definition) is 1. The van der Waals surface area contributed by atoms with Crippen molar-refractivity contribution in [2.45, 2.75) is 46.2 Å². The number of likely N-dealkylation sites (N-methyl/N-ethyl adjacent to an activating group) is 1. The Balaban J connectivity index is 2.02. The largest absolute Gasteiger partial charge is 0.321 e. The Kier molecular flexibility index (Phi) is 5.18. The van der Waals surface area contributed by atoms with Gasteiger partial charge in [0, 0.05) is 36.6 Å². The molecule has 2 heterocycles. The first-order valence-corrected chi connectivity index (χ1v) is 8.48. The van der Waals surface area contributed by atoms with Gasteiger partial charge in [0.1, 0.15) is 5.01 Å². The first kappa shape index (κ1) is 15.9. The fraction of sp³-hybridized carbons (Fsp3) is 0.800. The molecule has 0 radical (unpaired) electrons. The molecule has 0 amide bonds. The van der Waals surface area contributed by atoms with Crippen LogP contribution in [0.15, 0.2) is 0 Å². The van der Waals surface area contributed by atoms with Crippen LogP contribution in [0.1, 0.15) is 43.3 Å². The second kappa shape index (κ2) is 6.52. The van der Waals surface area contributed by atoms with Crippen molar-refractivity contribution < 1.29 is 0 Å². The molecule has 0 atom stereocenters. The lowest BCUT2D eigenvalue weighted by molar-refractivity contribution is 0.132. The Morgan fingerprint density at radius 1 is 1.15 bits per heavy atom. The van der Waals surface area contributed by atoms with Gasteiger partial charge >= 0.3 is 0 Å². The summed E-state index contributed by atoms with van der Waals surface area (Å²) in [6.45, 7) is 15.3. The van der Waals surface area contributed by atoms with E-state index in [1.54, 1.807) is 11.3 Å². The van der Waals surface area contributed by atoms with Crippen molar-refractivity contribution in [3.8, 4) is 0 Å². The molecule has 5 heteroatoms. The second-order valence-electron chi connectivity index (χ2n) is 6.17. The zero-order valence-corrected chi connectivity index (χ0v) is 14.1. The number of nitrogens with zero attached hydrogens (tertiary/aromatic N) is 3. The maximum absolute atomic E-state index is 6.27. The van der Waals surface area contributed by atoms with Crippen LogP contribution in [0.4, 0.5) is 0 Å². The third-order valence-corrected chi connectivity index (χ3v) is 5.35. The van der Waals surface area contributed by atoms with Crippen molar-refractivity contribution in [2.75, 3.05) is 32.7 Å². The summed E-state index contributed by atoms with van der Waals surface area (Å²) in [6.07, 6.45) is 0.968. The monoisotopic (exact) mass is 296 g/mol. The van der Waals surface area contributed by atoms with Gasteiger partial charge in [-0.3, -0.25) is 4.90 Å². The summed E-state index contributed by atoms with van der Waals surface area (Å²) in [5.41, 5.74) is 7.18. The van der Waals surface area contributed by atoms with Gasteiger partial charge in [-0.05, 0) is 26.8 Å². The Hall–Kier alpha value is -0.490. The minimum Gasteiger partial charge on any atom is -0.321 e. The molecule has 1 aliphatic rings.